The van der Waals surface area contributed by atoms with Gasteiger partial charge in [0.25, 0.3) is 0 Å². The smallest absolute Gasteiger partial charge is 0.326 e. The molecule has 6 nitrogen and oxygen atoms in total. The Hall–Kier alpha value is -3.72. The number of nitrogens with zero attached hydrogens (tertiary/aromatic N) is 3. The molecule has 37 heavy (non-hydrogen) atoms. The third kappa shape index (κ3) is 5.51. The van der Waals surface area contributed by atoms with Crippen molar-refractivity contribution < 1.29 is 18.0 Å². The SMILES string of the molecule is CC(c1ccc(NC(=O)Cc2ccc(-n3cnc4cccnc43)cc2)cc1C(F)(F)F)C1CCNCC1. The number of hydrogen-bond donors (Lipinski definition) is 2. The average Bonchev–Trinajstić information content (AvgIpc) is 3.33. The molecule has 1 fully saturated rings. The lowest BCUT2D eigenvalue weighted by Gasteiger charge is -2.30. The summed E-state index contributed by atoms with van der Waals surface area (Å²) in [5.41, 5.74) is 2.85. The van der Waals surface area contributed by atoms with Crippen molar-refractivity contribution >= 4 is 22.8 Å². The van der Waals surface area contributed by atoms with E-state index in [0.29, 0.717) is 0 Å². The van der Waals surface area contributed by atoms with Gasteiger partial charge in [-0.15, -0.1) is 0 Å². The number of halogens is 3. The van der Waals surface area contributed by atoms with Gasteiger partial charge in [-0.2, -0.15) is 13.2 Å². The molecule has 1 saturated heterocycles. The molecule has 1 unspecified atom stereocenters. The van der Waals surface area contributed by atoms with Gasteiger partial charge in [0.15, 0.2) is 5.65 Å². The summed E-state index contributed by atoms with van der Waals surface area (Å²) in [6.45, 7) is 3.51. The van der Waals surface area contributed by atoms with E-state index in [1.807, 2.05) is 47.9 Å². The Morgan fingerprint density at radius 1 is 1.11 bits per heavy atom. The lowest BCUT2D eigenvalue weighted by Crippen LogP contribution is -2.30. The normalized spacial score (nSPS) is 15.6. The fourth-order valence-electron chi connectivity index (χ4n) is 5.08. The lowest BCUT2D eigenvalue weighted by molar-refractivity contribution is -0.138. The number of carbonyl (C=O) groups excluding carboxylic acids is 1. The van der Waals surface area contributed by atoms with Crippen molar-refractivity contribution in [1.29, 1.82) is 0 Å². The van der Waals surface area contributed by atoms with Crippen LogP contribution in [-0.2, 0) is 17.4 Å². The molecule has 192 valence electrons. The van der Waals surface area contributed by atoms with Crippen molar-refractivity contribution in [3.8, 4) is 5.69 Å². The van der Waals surface area contributed by atoms with Crippen LogP contribution in [0.5, 0.6) is 0 Å². The van der Waals surface area contributed by atoms with Crippen LogP contribution < -0.4 is 10.6 Å². The Balaban J connectivity index is 1.29. The average molecular weight is 508 g/mol. The number of fused-ring (bicyclic) bond motifs is 1. The van der Waals surface area contributed by atoms with Gasteiger partial charge in [-0.3, -0.25) is 9.36 Å². The summed E-state index contributed by atoms with van der Waals surface area (Å²) in [5, 5.41) is 5.90. The van der Waals surface area contributed by atoms with E-state index in [1.165, 1.54) is 6.07 Å². The van der Waals surface area contributed by atoms with Crippen molar-refractivity contribution in [2.75, 3.05) is 18.4 Å². The van der Waals surface area contributed by atoms with Crippen molar-refractivity contribution in [2.24, 2.45) is 5.92 Å². The summed E-state index contributed by atoms with van der Waals surface area (Å²) < 4.78 is 43.7. The summed E-state index contributed by atoms with van der Waals surface area (Å²) >= 11 is 0. The maximum Gasteiger partial charge on any atom is 0.416 e. The zero-order valence-corrected chi connectivity index (χ0v) is 20.4. The molecule has 0 radical (unpaired) electrons. The quantitative estimate of drug-likeness (QED) is 0.350. The summed E-state index contributed by atoms with van der Waals surface area (Å²) in [4.78, 5) is 21.4. The highest BCUT2D eigenvalue weighted by Gasteiger charge is 2.36. The van der Waals surface area contributed by atoms with Crippen molar-refractivity contribution in [1.82, 2.24) is 19.9 Å². The van der Waals surface area contributed by atoms with Gasteiger partial charge in [-0.25, -0.2) is 9.97 Å². The molecule has 1 aliphatic heterocycles. The van der Waals surface area contributed by atoms with Gasteiger partial charge in [0.2, 0.25) is 5.91 Å². The van der Waals surface area contributed by atoms with Gasteiger partial charge in [-0.1, -0.05) is 25.1 Å². The van der Waals surface area contributed by atoms with E-state index in [9.17, 15) is 18.0 Å². The first-order chi connectivity index (χ1) is 17.8. The molecule has 1 amide bonds. The largest absolute Gasteiger partial charge is 0.416 e. The minimum absolute atomic E-state index is 0.0395. The molecular weight excluding hydrogens is 479 g/mol. The standard InChI is InChI=1S/C28H28F3N5O/c1-18(20-10-13-32-14-11-20)23-9-6-21(16-24(23)28(29,30)31)35-26(37)15-19-4-7-22(8-5-19)36-17-34-25-3-2-12-33-27(25)36/h2-9,12,16-18,20,32H,10-11,13-15H2,1H3,(H,35,37). The summed E-state index contributed by atoms with van der Waals surface area (Å²) in [6, 6.07) is 15.2. The van der Waals surface area contributed by atoms with E-state index in [4.69, 9.17) is 0 Å². The minimum atomic E-state index is -4.50. The zero-order valence-electron chi connectivity index (χ0n) is 20.4. The molecule has 0 bridgehead atoms. The number of benzene rings is 2. The predicted molar refractivity (Wildman–Crippen MR) is 137 cm³/mol. The molecule has 5 rings (SSSR count). The van der Waals surface area contributed by atoms with Crippen LogP contribution in [0.25, 0.3) is 16.9 Å². The minimum Gasteiger partial charge on any atom is -0.326 e. The highest BCUT2D eigenvalue weighted by atomic mass is 19.4. The molecule has 1 aliphatic rings. The number of amides is 1. The van der Waals surface area contributed by atoms with Crippen LogP contribution in [0.4, 0.5) is 18.9 Å². The van der Waals surface area contributed by atoms with Crippen molar-refractivity contribution in [2.45, 2.75) is 38.3 Å². The van der Waals surface area contributed by atoms with Crippen LogP contribution in [0.15, 0.2) is 67.1 Å². The van der Waals surface area contributed by atoms with Crippen molar-refractivity contribution in [3.63, 3.8) is 0 Å². The number of aromatic nitrogens is 3. The molecule has 1 atom stereocenters. The van der Waals surface area contributed by atoms with E-state index in [2.05, 4.69) is 20.6 Å². The number of carbonyl (C=O) groups is 1. The number of imidazole rings is 1. The molecule has 9 heteroatoms. The molecule has 0 aliphatic carbocycles. The fraction of sp³-hybridized carbons (Fsp3) is 0.321. The second kappa shape index (κ2) is 10.3. The third-order valence-electron chi connectivity index (χ3n) is 7.11. The molecule has 4 aromatic rings. The predicted octanol–water partition coefficient (Wildman–Crippen LogP) is 5.72. The second-order valence-corrected chi connectivity index (χ2v) is 9.53. The Labute approximate surface area is 212 Å². The highest BCUT2D eigenvalue weighted by molar-refractivity contribution is 5.92. The van der Waals surface area contributed by atoms with E-state index < -0.39 is 11.7 Å². The Bertz CT molecular complexity index is 1390. The van der Waals surface area contributed by atoms with Crippen molar-refractivity contribution in [3.05, 3.63) is 83.8 Å². The first kappa shape index (κ1) is 25.0. The fourth-order valence-corrected chi connectivity index (χ4v) is 5.08. The topological polar surface area (TPSA) is 71.8 Å². The molecule has 2 aromatic heterocycles. The summed E-state index contributed by atoms with van der Waals surface area (Å²) in [7, 11) is 0. The monoisotopic (exact) mass is 507 g/mol. The number of piperidine rings is 1. The number of rotatable bonds is 6. The van der Waals surface area contributed by atoms with E-state index in [1.54, 1.807) is 18.6 Å². The van der Waals surface area contributed by atoms with Gasteiger partial charge in [-0.05, 0) is 85.3 Å². The number of alkyl halides is 3. The number of hydrogen-bond acceptors (Lipinski definition) is 4. The second-order valence-electron chi connectivity index (χ2n) is 9.53. The van der Waals surface area contributed by atoms with Gasteiger partial charge >= 0.3 is 6.18 Å². The number of pyridine rings is 1. The molecule has 0 saturated carbocycles. The summed E-state index contributed by atoms with van der Waals surface area (Å²) in [5.74, 6) is -0.401. The molecular formula is C28H28F3N5O. The van der Waals surface area contributed by atoms with Gasteiger partial charge in [0, 0.05) is 17.6 Å². The van der Waals surface area contributed by atoms with E-state index in [-0.39, 0.29) is 35.4 Å². The lowest BCUT2D eigenvalue weighted by atomic mass is 9.80. The first-order valence-corrected chi connectivity index (χ1v) is 12.4. The summed E-state index contributed by atoms with van der Waals surface area (Å²) in [6.07, 6.45) is 0.626. The maximum absolute atomic E-state index is 14.0. The van der Waals surface area contributed by atoms with Crippen LogP contribution in [0.2, 0.25) is 0 Å². The zero-order chi connectivity index (χ0) is 26.0. The Kier molecular flexibility index (Phi) is 6.97. The van der Waals surface area contributed by atoms with Gasteiger partial charge in [0.1, 0.15) is 11.8 Å². The van der Waals surface area contributed by atoms with Gasteiger partial charge < -0.3 is 10.6 Å². The van der Waals surface area contributed by atoms with Crippen LogP contribution >= 0.6 is 0 Å². The molecule has 0 spiro atoms. The van der Waals surface area contributed by atoms with Crippen LogP contribution in [0.1, 0.15) is 42.4 Å². The van der Waals surface area contributed by atoms with Crippen LogP contribution in [-0.4, -0.2) is 33.5 Å². The van der Waals surface area contributed by atoms with Crippen LogP contribution in [0.3, 0.4) is 0 Å². The maximum atomic E-state index is 14.0. The molecule has 3 heterocycles. The first-order valence-electron chi connectivity index (χ1n) is 12.4. The van der Waals surface area contributed by atoms with Gasteiger partial charge in [0.05, 0.1) is 12.0 Å². The van der Waals surface area contributed by atoms with E-state index in [0.717, 1.165) is 54.4 Å². The molecule has 2 N–H and O–H groups in total. The Morgan fingerprint density at radius 2 is 1.86 bits per heavy atom. The van der Waals surface area contributed by atoms with Crippen LogP contribution in [0, 0.1) is 5.92 Å². The van der Waals surface area contributed by atoms with E-state index >= 15 is 0 Å². The number of anilines is 1. The highest BCUT2D eigenvalue weighted by Crippen LogP contribution is 2.40. The Morgan fingerprint density at radius 3 is 2.59 bits per heavy atom. The number of nitrogens with one attached hydrogen (secondary N) is 2. The molecule has 2 aromatic carbocycles. The third-order valence-corrected chi connectivity index (χ3v) is 7.11.